The van der Waals surface area contributed by atoms with Crippen LogP contribution in [0.2, 0.25) is 15.1 Å². The minimum absolute atomic E-state index is 0.0460. The summed E-state index contributed by atoms with van der Waals surface area (Å²) in [6, 6.07) is 7.98. The molecule has 0 saturated carbocycles. The van der Waals surface area contributed by atoms with Crippen LogP contribution in [0.25, 0.3) is 0 Å². The number of benzene rings is 3. The summed E-state index contributed by atoms with van der Waals surface area (Å²) in [5, 5.41) is 54.8. The highest BCUT2D eigenvalue weighted by atomic mass is 35.5. The van der Waals surface area contributed by atoms with Crippen LogP contribution in [0.15, 0.2) is 36.4 Å². The van der Waals surface area contributed by atoms with Gasteiger partial charge in [0.2, 0.25) is 0 Å². The Morgan fingerprint density at radius 1 is 0.524 bits per heavy atom. The molecule has 12 heteroatoms. The van der Waals surface area contributed by atoms with Crippen molar-refractivity contribution in [2.24, 2.45) is 17.8 Å². The van der Waals surface area contributed by atoms with E-state index in [0.717, 1.165) is 0 Å². The zero-order chi connectivity index (χ0) is 32.6. The topological polar surface area (TPSA) is 173 Å². The summed E-state index contributed by atoms with van der Waals surface area (Å²) in [5.74, 6) is -3.32. The highest BCUT2D eigenvalue weighted by Crippen LogP contribution is 2.42. The van der Waals surface area contributed by atoms with Gasteiger partial charge in [-0.3, -0.25) is 14.4 Å². The van der Waals surface area contributed by atoms with Crippen molar-refractivity contribution in [1.29, 1.82) is 0 Å². The van der Waals surface area contributed by atoms with Crippen LogP contribution in [-0.2, 0) is 0 Å². The van der Waals surface area contributed by atoms with E-state index in [4.69, 9.17) is 50.1 Å². The molecule has 0 spiro atoms. The summed E-state index contributed by atoms with van der Waals surface area (Å²) in [6.07, 6.45) is 0. The third-order valence-corrected chi connectivity index (χ3v) is 6.68. The minimum atomic E-state index is -0.562. The summed E-state index contributed by atoms with van der Waals surface area (Å²) in [4.78, 5) is 34.6. The van der Waals surface area contributed by atoms with Crippen molar-refractivity contribution >= 4 is 52.2 Å². The van der Waals surface area contributed by atoms with Crippen LogP contribution < -0.4 is 0 Å². The Morgan fingerprint density at radius 3 is 1.45 bits per heavy atom. The zero-order valence-electron chi connectivity index (χ0n) is 23.7. The smallest absolute Gasteiger partial charge is 0.178 e. The maximum atomic E-state index is 11.6. The minimum Gasteiger partial charge on any atom is -0.504 e. The largest absolute Gasteiger partial charge is 0.504 e. The first-order chi connectivity index (χ1) is 19.3. The van der Waals surface area contributed by atoms with Crippen LogP contribution in [0, 0.1) is 17.8 Å². The number of ketones is 3. The molecule has 0 radical (unpaired) electrons. The number of hydrogen-bond donors (Lipinski definition) is 6. The molecule has 6 N–H and O–H groups in total. The predicted molar refractivity (Wildman–Crippen MR) is 162 cm³/mol. The summed E-state index contributed by atoms with van der Waals surface area (Å²) < 4.78 is 0. The number of hydrogen-bond acceptors (Lipinski definition) is 9. The molecule has 3 rings (SSSR count). The van der Waals surface area contributed by atoms with E-state index in [-0.39, 0.29) is 78.5 Å². The molecule has 0 aliphatic rings. The van der Waals surface area contributed by atoms with Gasteiger partial charge in [0.05, 0.1) is 15.1 Å². The SMILES string of the molecule is CC(C)C(=O)c1cc(Cl)c(O)c(O)c1Cl.CC(C)C(=O)c1ccc(O)c(O)c1.CC(C)C(=O)c1ccc(O)c(O)c1Cl. The highest BCUT2D eigenvalue weighted by Gasteiger charge is 2.21. The Bertz CT molecular complexity index is 1470. The van der Waals surface area contributed by atoms with E-state index in [1.54, 1.807) is 41.5 Å². The van der Waals surface area contributed by atoms with Crippen molar-refractivity contribution < 1.29 is 45.0 Å². The molecule has 0 fully saturated rings. The molecule has 0 unspecified atom stereocenters. The van der Waals surface area contributed by atoms with Gasteiger partial charge in [0, 0.05) is 34.4 Å². The Balaban J connectivity index is 0.000000316. The second-order valence-corrected chi connectivity index (χ2v) is 11.1. The van der Waals surface area contributed by atoms with Gasteiger partial charge in [-0.1, -0.05) is 76.3 Å². The Kier molecular flexibility index (Phi) is 13.5. The van der Waals surface area contributed by atoms with E-state index in [1.165, 1.54) is 36.4 Å². The van der Waals surface area contributed by atoms with Crippen molar-refractivity contribution in [3.63, 3.8) is 0 Å². The number of halogens is 3. The van der Waals surface area contributed by atoms with Gasteiger partial charge in [0.25, 0.3) is 0 Å². The fraction of sp³-hybridized carbons (Fsp3) is 0.300. The number of phenolic OH excluding ortho intramolecular Hbond substituents is 6. The quantitative estimate of drug-likeness (QED) is 0.116. The zero-order valence-corrected chi connectivity index (χ0v) is 26.0. The standard InChI is InChI=1S/C10H10Cl2O3.C10H11ClO3.C10H12O3/c1-4(2)8(13)5-3-6(11)9(14)10(15)7(5)12;1-5(2)9(13)6-3-4-7(12)10(14)8(6)11;1-6(2)10(13)7-3-4-8(11)9(12)5-7/h3-4,14-15H,1-2H3;3-5,12,14H,1-2H3;3-6,11-12H,1-2H3. The maximum Gasteiger partial charge on any atom is 0.178 e. The summed E-state index contributed by atoms with van der Waals surface area (Å²) in [5.41, 5.74) is 0.772. The van der Waals surface area contributed by atoms with Gasteiger partial charge in [-0.15, -0.1) is 0 Å². The molecule has 3 aromatic rings. The first kappa shape index (κ1) is 36.4. The van der Waals surface area contributed by atoms with Gasteiger partial charge in [0.15, 0.2) is 51.8 Å². The van der Waals surface area contributed by atoms with Crippen molar-refractivity contribution in [2.75, 3.05) is 0 Å². The number of aromatic hydroxyl groups is 6. The lowest BCUT2D eigenvalue weighted by atomic mass is 10.0. The fourth-order valence-corrected chi connectivity index (χ4v) is 3.85. The van der Waals surface area contributed by atoms with Crippen molar-refractivity contribution in [3.05, 3.63) is 68.2 Å². The number of carbonyl (C=O) groups is 3. The van der Waals surface area contributed by atoms with Gasteiger partial charge >= 0.3 is 0 Å². The Morgan fingerprint density at radius 2 is 0.976 bits per heavy atom. The van der Waals surface area contributed by atoms with Crippen LogP contribution >= 0.6 is 34.8 Å². The fourth-order valence-electron chi connectivity index (χ4n) is 3.16. The van der Waals surface area contributed by atoms with E-state index in [2.05, 4.69) is 0 Å². The molecular formula is C30H33Cl3O9. The van der Waals surface area contributed by atoms with E-state index < -0.39 is 17.2 Å². The lowest BCUT2D eigenvalue weighted by Gasteiger charge is -2.10. The van der Waals surface area contributed by atoms with Crippen LogP contribution in [-0.4, -0.2) is 48.0 Å². The number of phenols is 6. The Labute approximate surface area is 258 Å². The van der Waals surface area contributed by atoms with Crippen LogP contribution in [0.4, 0.5) is 0 Å². The molecule has 0 aliphatic heterocycles. The summed E-state index contributed by atoms with van der Waals surface area (Å²) in [6.45, 7) is 10.5. The van der Waals surface area contributed by atoms with E-state index in [9.17, 15) is 29.7 Å². The summed E-state index contributed by atoms with van der Waals surface area (Å²) >= 11 is 17.0. The van der Waals surface area contributed by atoms with Gasteiger partial charge in [-0.25, -0.2) is 0 Å². The van der Waals surface area contributed by atoms with Crippen molar-refractivity contribution in [3.8, 4) is 34.5 Å². The molecule has 3 aromatic carbocycles. The van der Waals surface area contributed by atoms with Gasteiger partial charge in [0.1, 0.15) is 0 Å². The van der Waals surface area contributed by atoms with Crippen LogP contribution in [0.1, 0.15) is 72.6 Å². The molecule has 0 atom stereocenters. The van der Waals surface area contributed by atoms with E-state index in [0.29, 0.717) is 5.56 Å². The van der Waals surface area contributed by atoms with Gasteiger partial charge in [-0.05, 0) is 36.4 Å². The first-order valence-electron chi connectivity index (χ1n) is 12.6. The first-order valence-corrected chi connectivity index (χ1v) is 13.7. The monoisotopic (exact) mass is 642 g/mol. The predicted octanol–water partition coefficient (Wildman–Crippen LogP) is 7.77. The second-order valence-electron chi connectivity index (χ2n) is 9.97. The molecule has 0 bridgehead atoms. The molecule has 0 heterocycles. The molecule has 0 aromatic heterocycles. The highest BCUT2D eigenvalue weighted by molar-refractivity contribution is 6.38. The molecule has 42 heavy (non-hydrogen) atoms. The van der Waals surface area contributed by atoms with Crippen LogP contribution in [0.3, 0.4) is 0 Å². The van der Waals surface area contributed by atoms with Gasteiger partial charge in [-0.2, -0.15) is 0 Å². The molecule has 0 aliphatic carbocycles. The number of carbonyl (C=O) groups excluding carboxylic acids is 3. The molecular weight excluding hydrogens is 611 g/mol. The Hall–Kier alpha value is -3.66. The van der Waals surface area contributed by atoms with Crippen molar-refractivity contribution in [1.82, 2.24) is 0 Å². The van der Waals surface area contributed by atoms with Crippen molar-refractivity contribution in [2.45, 2.75) is 41.5 Å². The number of Topliss-reactive ketones (excluding diaryl/α,β-unsaturated/α-hetero) is 3. The van der Waals surface area contributed by atoms with E-state index >= 15 is 0 Å². The average molecular weight is 644 g/mol. The third-order valence-electron chi connectivity index (χ3n) is 5.62. The van der Waals surface area contributed by atoms with Crippen LogP contribution in [0.5, 0.6) is 34.5 Å². The molecule has 228 valence electrons. The van der Waals surface area contributed by atoms with Gasteiger partial charge < -0.3 is 30.6 Å². The lowest BCUT2D eigenvalue weighted by Crippen LogP contribution is -2.08. The molecule has 0 amide bonds. The van der Waals surface area contributed by atoms with E-state index in [1.807, 2.05) is 0 Å². The average Bonchev–Trinajstić information content (AvgIpc) is 2.93. The number of rotatable bonds is 6. The third kappa shape index (κ3) is 9.17. The molecule has 0 saturated heterocycles. The summed E-state index contributed by atoms with van der Waals surface area (Å²) in [7, 11) is 0. The molecule has 9 nitrogen and oxygen atoms in total. The maximum absolute atomic E-state index is 11.6. The lowest BCUT2D eigenvalue weighted by molar-refractivity contribution is 0.0932. The second kappa shape index (κ2) is 15.5. The normalized spacial score (nSPS) is 10.6.